The van der Waals surface area contributed by atoms with Crippen LogP contribution in [0.15, 0.2) is 95.6 Å². The Hall–Kier alpha value is -3.66. The van der Waals surface area contributed by atoms with E-state index in [1.54, 1.807) is 6.26 Å². The maximum absolute atomic E-state index is 12.8. The highest BCUT2D eigenvalue weighted by Crippen LogP contribution is 2.28. The van der Waals surface area contributed by atoms with Gasteiger partial charge < -0.3 is 9.73 Å². The van der Waals surface area contributed by atoms with Crippen LogP contribution in [0.25, 0.3) is 11.3 Å². The summed E-state index contributed by atoms with van der Waals surface area (Å²) in [6.45, 7) is 1.81. The zero-order valence-electron chi connectivity index (χ0n) is 16.2. The molecule has 0 aliphatic carbocycles. The van der Waals surface area contributed by atoms with Crippen molar-refractivity contribution < 1.29 is 9.21 Å². The van der Waals surface area contributed by atoms with E-state index in [-0.39, 0.29) is 11.8 Å². The molecule has 4 nitrogen and oxygen atoms in total. The van der Waals surface area contributed by atoms with Gasteiger partial charge in [-0.1, -0.05) is 72.8 Å². The molecule has 3 aromatic carbocycles. The summed E-state index contributed by atoms with van der Waals surface area (Å²) >= 11 is 0. The van der Waals surface area contributed by atoms with E-state index < -0.39 is 0 Å². The number of anilines is 1. The monoisotopic (exact) mass is 382 g/mol. The molecule has 0 atom stereocenters. The van der Waals surface area contributed by atoms with Crippen molar-refractivity contribution in [3.05, 3.63) is 108 Å². The van der Waals surface area contributed by atoms with E-state index >= 15 is 0 Å². The molecule has 0 saturated carbocycles. The van der Waals surface area contributed by atoms with Crippen LogP contribution in [0.2, 0.25) is 0 Å². The molecular weight excluding hydrogens is 360 g/mol. The minimum atomic E-state index is -0.0206. The highest BCUT2D eigenvalue weighted by atomic mass is 16.3. The lowest BCUT2D eigenvalue weighted by atomic mass is 9.88. The zero-order valence-corrected chi connectivity index (χ0v) is 16.2. The molecule has 0 saturated heterocycles. The van der Waals surface area contributed by atoms with Gasteiger partial charge in [-0.2, -0.15) is 0 Å². The molecule has 0 aliphatic heterocycles. The lowest BCUT2D eigenvalue weighted by molar-refractivity contribution is -0.116. The third kappa shape index (κ3) is 4.61. The Morgan fingerprint density at radius 3 is 2.00 bits per heavy atom. The van der Waals surface area contributed by atoms with Crippen molar-refractivity contribution in [2.75, 3.05) is 5.32 Å². The molecule has 0 aliphatic rings. The van der Waals surface area contributed by atoms with E-state index in [1.165, 1.54) is 0 Å². The van der Waals surface area contributed by atoms with Gasteiger partial charge in [0, 0.05) is 30.5 Å². The number of amides is 1. The number of rotatable bonds is 6. The van der Waals surface area contributed by atoms with Crippen LogP contribution in [-0.2, 0) is 4.79 Å². The van der Waals surface area contributed by atoms with Gasteiger partial charge >= 0.3 is 0 Å². The minimum absolute atomic E-state index is 0.00905. The predicted molar refractivity (Wildman–Crippen MR) is 115 cm³/mol. The van der Waals surface area contributed by atoms with Gasteiger partial charge in [-0.25, -0.2) is 4.98 Å². The van der Waals surface area contributed by atoms with Gasteiger partial charge in [-0.05, 0) is 23.3 Å². The van der Waals surface area contributed by atoms with Crippen LogP contribution in [-0.4, -0.2) is 10.9 Å². The Bertz CT molecular complexity index is 1030. The Morgan fingerprint density at radius 2 is 1.48 bits per heavy atom. The van der Waals surface area contributed by atoms with E-state index in [1.807, 2.05) is 67.6 Å². The summed E-state index contributed by atoms with van der Waals surface area (Å²) in [6.07, 6.45) is 2.01. The standard InChI is InChI=1S/C25H22N2O2/c1-18-26-24(17-29-18)21-12-14-22(15-13-21)27-25(28)16-23(19-8-4-2-5-9-19)20-10-6-3-7-11-20/h2-15,17,23H,16H2,1H3,(H,27,28). The number of hydrogen-bond acceptors (Lipinski definition) is 3. The molecule has 0 fully saturated rings. The molecule has 1 heterocycles. The summed E-state index contributed by atoms with van der Waals surface area (Å²) in [5.74, 6) is 0.618. The van der Waals surface area contributed by atoms with Crippen molar-refractivity contribution in [3.8, 4) is 11.3 Å². The Kier molecular flexibility index (Phi) is 5.52. The average Bonchev–Trinajstić information content (AvgIpc) is 3.20. The maximum Gasteiger partial charge on any atom is 0.225 e. The van der Waals surface area contributed by atoms with Crippen LogP contribution >= 0.6 is 0 Å². The van der Waals surface area contributed by atoms with Gasteiger partial charge in [-0.3, -0.25) is 4.79 Å². The number of aromatic nitrogens is 1. The summed E-state index contributed by atoms with van der Waals surface area (Å²) in [5, 5.41) is 3.01. The molecule has 4 aromatic rings. The van der Waals surface area contributed by atoms with Crippen molar-refractivity contribution in [1.82, 2.24) is 4.98 Å². The fourth-order valence-corrected chi connectivity index (χ4v) is 3.42. The molecule has 29 heavy (non-hydrogen) atoms. The van der Waals surface area contributed by atoms with E-state index in [0.717, 1.165) is 28.1 Å². The summed E-state index contributed by atoms with van der Waals surface area (Å²) in [5.41, 5.74) is 4.76. The van der Waals surface area contributed by atoms with Crippen LogP contribution in [0, 0.1) is 6.92 Å². The summed E-state index contributed by atoms with van der Waals surface area (Å²) in [6, 6.07) is 27.9. The van der Waals surface area contributed by atoms with Gasteiger partial charge in [0.25, 0.3) is 0 Å². The Balaban J connectivity index is 1.48. The number of carbonyl (C=O) groups is 1. The molecule has 4 rings (SSSR count). The first-order chi connectivity index (χ1) is 14.2. The average molecular weight is 382 g/mol. The number of nitrogens with one attached hydrogen (secondary N) is 1. The third-order valence-corrected chi connectivity index (χ3v) is 4.88. The van der Waals surface area contributed by atoms with Crippen LogP contribution in [0.1, 0.15) is 29.4 Å². The molecular formula is C25H22N2O2. The molecule has 1 amide bonds. The molecule has 0 spiro atoms. The minimum Gasteiger partial charge on any atom is -0.449 e. The number of oxazole rings is 1. The van der Waals surface area contributed by atoms with E-state index in [9.17, 15) is 4.79 Å². The van der Waals surface area contributed by atoms with Gasteiger partial charge in [0.2, 0.25) is 5.91 Å². The zero-order chi connectivity index (χ0) is 20.1. The Morgan fingerprint density at radius 1 is 0.897 bits per heavy atom. The summed E-state index contributed by atoms with van der Waals surface area (Å²) in [4.78, 5) is 17.1. The molecule has 4 heteroatoms. The first kappa shape index (κ1) is 18.7. The van der Waals surface area contributed by atoms with Crippen LogP contribution in [0.4, 0.5) is 5.69 Å². The predicted octanol–water partition coefficient (Wildman–Crippen LogP) is 5.81. The van der Waals surface area contributed by atoms with Crippen molar-refractivity contribution in [1.29, 1.82) is 0 Å². The van der Waals surface area contributed by atoms with Crippen molar-refractivity contribution in [2.24, 2.45) is 0 Å². The van der Waals surface area contributed by atoms with Gasteiger partial charge in [0.05, 0.1) is 0 Å². The van der Waals surface area contributed by atoms with Gasteiger partial charge in [-0.15, -0.1) is 0 Å². The van der Waals surface area contributed by atoms with Gasteiger partial charge in [0.1, 0.15) is 12.0 Å². The second-order valence-corrected chi connectivity index (χ2v) is 6.96. The summed E-state index contributed by atoms with van der Waals surface area (Å²) in [7, 11) is 0. The molecule has 1 aromatic heterocycles. The second-order valence-electron chi connectivity index (χ2n) is 6.96. The lowest BCUT2D eigenvalue weighted by Gasteiger charge is -2.18. The number of carbonyl (C=O) groups excluding carboxylic acids is 1. The molecule has 0 unspecified atom stereocenters. The smallest absolute Gasteiger partial charge is 0.225 e. The first-order valence-corrected chi connectivity index (χ1v) is 9.61. The highest BCUT2D eigenvalue weighted by Gasteiger charge is 2.18. The largest absolute Gasteiger partial charge is 0.449 e. The normalized spacial score (nSPS) is 10.8. The quantitative estimate of drug-likeness (QED) is 0.458. The molecule has 144 valence electrons. The number of hydrogen-bond donors (Lipinski definition) is 1. The molecule has 1 N–H and O–H groups in total. The fraction of sp³-hybridized carbons (Fsp3) is 0.120. The number of benzene rings is 3. The van der Waals surface area contributed by atoms with Crippen LogP contribution in [0.3, 0.4) is 0 Å². The Labute approximate surface area is 170 Å². The lowest BCUT2D eigenvalue weighted by Crippen LogP contribution is -2.16. The number of aryl methyl sites for hydroxylation is 1. The van der Waals surface area contributed by atoms with Crippen LogP contribution in [0.5, 0.6) is 0 Å². The van der Waals surface area contributed by atoms with Gasteiger partial charge in [0.15, 0.2) is 5.89 Å². The third-order valence-electron chi connectivity index (χ3n) is 4.88. The molecule has 0 bridgehead atoms. The van der Waals surface area contributed by atoms with Crippen LogP contribution < -0.4 is 5.32 Å². The van der Waals surface area contributed by atoms with Crippen molar-refractivity contribution in [3.63, 3.8) is 0 Å². The van der Waals surface area contributed by atoms with E-state index in [4.69, 9.17) is 4.42 Å². The van der Waals surface area contributed by atoms with Crippen molar-refractivity contribution in [2.45, 2.75) is 19.3 Å². The summed E-state index contributed by atoms with van der Waals surface area (Å²) < 4.78 is 5.26. The topological polar surface area (TPSA) is 55.1 Å². The van der Waals surface area contributed by atoms with Crippen molar-refractivity contribution >= 4 is 11.6 Å². The van der Waals surface area contributed by atoms with E-state index in [2.05, 4.69) is 34.6 Å². The number of nitrogens with zero attached hydrogens (tertiary/aromatic N) is 1. The first-order valence-electron chi connectivity index (χ1n) is 9.61. The van der Waals surface area contributed by atoms with E-state index in [0.29, 0.717) is 12.3 Å². The maximum atomic E-state index is 12.8. The SMILES string of the molecule is Cc1nc(-c2ccc(NC(=O)CC(c3ccccc3)c3ccccc3)cc2)co1. The second kappa shape index (κ2) is 8.57. The molecule has 0 radical (unpaired) electrons. The highest BCUT2D eigenvalue weighted by molar-refractivity contribution is 5.91. The fourth-order valence-electron chi connectivity index (χ4n) is 3.42.